The molecule has 2 aromatic carbocycles. The van der Waals surface area contributed by atoms with E-state index in [4.69, 9.17) is 14.2 Å². The zero-order valence-corrected chi connectivity index (χ0v) is 16.1. The molecule has 0 aliphatic carbocycles. The van der Waals surface area contributed by atoms with Crippen molar-refractivity contribution in [3.8, 4) is 17.2 Å². The molecule has 0 fully saturated rings. The van der Waals surface area contributed by atoms with E-state index in [0.717, 1.165) is 15.6 Å². The monoisotopic (exact) mass is 405 g/mol. The fraction of sp³-hybridized carbons (Fsp3) is 0.211. The van der Waals surface area contributed by atoms with Crippen molar-refractivity contribution in [1.29, 1.82) is 0 Å². The zero-order valence-electron chi connectivity index (χ0n) is 14.6. The van der Waals surface area contributed by atoms with Crippen LogP contribution in [-0.2, 0) is 4.79 Å². The summed E-state index contributed by atoms with van der Waals surface area (Å²) in [5.74, 6) is 1.54. The van der Waals surface area contributed by atoms with Crippen LogP contribution in [0.2, 0.25) is 0 Å². The first-order valence-electron chi connectivity index (χ1n) is 7.53. The number of halogens is 1. The van der Waals surface area contributed by atoms with Gasteiger partial charge < -0.3 is 19.5 Å². The highest BCUT2D eigenvalue weighted by atomic mass is 79.9. The lowest BCUT2D eigenvalue weighted by atomic mass is 10.1. The standard InChI is InChI=1S/C19H20BrNO4/c1-12-5-7-16(23-2)15(9-12)21-18(22)8-6-13-10-14(20)19(25-4)17(11-13)24-3/h5-11H,1-4H3,(H,21,22)/b8-6+. The van der Waals surface area contributed by atoms with Gasteiger partial charge in [0.05, 0.1) is 31.5 Å². The molecule has 0 aliphatic rings. The van der Waals surface area contributed by atoms with Gasteiger partial charge in [-0.2, -0.15) is 0 Å². The molecule has 0 heterocycles. The summed E-state index contributed by atoms with van der Waals surface area (Å²) in [6.45, 7) is 1.95. The van der Waals surface area contributed by atoms with Crippen LogP contribution < -0.4 is 19.5 Å². The minimum Gasteiger partial charge on any atom is -0.495 e. The summed E-state index contributed by atoms with van der Waals surface area (Å²) in [5.41, 5.74) is 2.46. The Morgan fingerprint density at radius 2 is 1.76 bits per heavy atom. The number of ether oxygens (including phenoxy) is 3. The molecule has 0 saturated carbocycles. The average molecular weight is 406 g/mol. The van der Waals surface area contributed by atoms with Gasteiger partial charge in [-0.3, -0.25) is 4.79 Å². The summed E-state index contributed by atoms with van der Waals surface area (Å²) in [4.78, 5) is 12.2. The summed E-state index contributed by atoms with van der Waals surface area (Å²) < 4.78 is 16.6. The maximum Gasteiger partial charge on any atom is 0.248 e. The number of rotatable bonds is 6. The average Bonchev–Trinajstić information content (AvgIpc) is 2.59. The van der Waals surface area contributed by atoms with E-state index in [1.165, 1.54) is 6.08 Å². The Balaban J connectivity index is 2.18. The van der Waals surface area contributed by atoms with Crippen LogP contribution in [0.5, 0.6) is 17.2 Å². The molecular formula is C19H20BrNO4. The Hall–Kier alpha value is -2.47. The highest BCUT2D eigenvalue weighted by Gasteiger charge is 2.10. The van der Waals surface area contributed by atoms with Crippen LogP contribution in [0.25, 0.3) is 6.08 Å². The Morgan fingerprint density at radius 1 is 1.04 bits per heavy atom. The zero-order chi connectivity index (χ0) is 18.4. The summed E-state index contributed by atoms with van der Waals surface area (Å²) >= 11 is 3.43. The van der Waals surface area contributed by atoms with Crippen LogP contribution in [0.15, 0.2) is 40.9 Å². The number of methoxy groups -OCH3 is 3. The van der Waals surface area contributed by atoms with Crippen LogP contribution in [0.4, 0.5) is 5.69 Å². The molecule has 0 spiro atoms. The van der Waals surface area contributed by atoms with E-state index in [-0.39, 0.29) is 5.91 Å². The van der Waals surface area contributed by atoms with E-state index in [1.54, 1.807) is 33.5 Å². The largest absolute Gasteiger partial charge is 0.495 e. The first-order valence-corrected chi connectivity index (χ1v) is 8.33. The fourth-order valence-corrected chi connectivity index (χ4v) is 2.92. The minimum atomic E-state index is -0.255. The topological polar surface area (TPSA) is 56.8 Å². The maximum absolute atomic E-state index is 12.2. The second-order valence-corrected chi connectivity index (χ2v) is 6.12. The van der Waals surface area contributed by atoms with E-state index in [2.05, 4.69) is 21.2 Å². The van der Waals surface area contributed by atoms with Gasteiger partial charge in [-0.25, -0.2) is 0 Å². The SMILES string of the molecule is COc1ccc(C)cc1NC(=O)/C=C/c1cc(Br)c(OC)c(OC)c1. The highest BCUT2D eigenvalue weighted by molar-refractivity contribution is 9.10. The first kappa shape index (κ1) is 18.9. The van der Waals surface area contributed by atoms with E-state index in [0.29, 0.717) is 22.9 Å². The molecule has 25 heavy (non-hydrogen) atoms. The molecule has 0 atom stereocenters. The molecule has 6 heteroatoms. The van der Waals surface area contributed by atoms with Gasteiger partial charge in [0.2, 0.25) is 5.91 Å². The number of anilines is 1. The lowest BCUT2D eigenvalue weighted by molar-refractivity contribution is -0.111. The molecule has 0 aliphatic heterocycles. The van der Waals surface area contributed by atoms with Crippen molar-refractivity contribution >= 4 is 33.6 Å². The lowest BCUT2D eigenvalue weighted by Gasteiger charge is -2.11. The van der Waals surface area contributed by atoms with Gasteiger partial charge >= 0.3 is 0 Å². The number of aryl methyl sites for hydroxylation is 1. The van der Waals surface area contributed by atoms with Crippen LogP contribution in [-0.4, -0.2) is 27.2 Å². The highest BCUT2D eigenvalue weighted by Crippen LogP contribution is 2.36. The molecule has 2 rings (SSSR count). The minimum absolute atomic E-state index is 0.255. The van der Waals surface area contributed by atoms with Crippen molar-refractivity contribution < 1.29 is 19.0 Å². The van der Waals surface area contributed by atoms with E-state index >= 15 is 0 Å². The van der Waals surface area contributed by atoms with Gasteiger partial charge in [-0.15, -0.1) is 0 Å². The smallest absolute Gasteiger partial charge is 0.248 e. The lowest BCUT2D eigenvalue weighted by Crippen LogP contribution is -2.09. The molecule has 2 aromatic rings. The third-order valence-electron chi connectivity index (χ3n) is 3.50. The molecule has 1 amide bonds. The normalized spacial score (nSPS) is 10.6. The molecular weight excluding hydrogens is 386 g/mol. The number of nitrogens with one attached hydrogen (secondary N) is 1. The van der Waals surface area contributed by atoms with E-state index < -0.39 is 0 Å². The maximum atomic E-state index is 12.2. The summed E-state index contributed by atoms with van der Waals surface area (Å²) in [7, 11) is 4.70. The Bertz CT molecular complexity index is 802. The number of hydrogen-bond donors (Lipinski definition) is 1. The molecule has 0 saturated heterocycles. The van der Waals surface area contributed by atoms with Crippen molar-refractivity contribution in [2.24, 2.45) is 0 Å². The van der Waals surface area contributed by atoms with E-state index in [9.17, 15) is 4.79 Å². The number of benzene rings is 2. The number of amides is 1. The molecule has 0 bridgehead atoms. The molecule has 132 valence electrons. The molecule has 5 nitrogen and oxygen atoms in total. The molecule has 1 N–H and O–H groups in total. The summed E-state index contributed by atoms with van der Waals surface area (Å²) in [6.07, 6.45) is 3.15. The van der Waals surface area contributed by atoms with Crippen molar-refractivity contribution in [3.63, 3.8) is 0 Å². The van der Waals surface area contributed by atoms with Gasteiger partial charge in [0.15, 0.2) is 11.5 Å². The van der Waals surface area contributed by atoms with Gasteiger partial charge in [0, 0.05) is 6.08 Å². The quantitative estimate of drug-likeness (QED) is 0.721. The second kappa shape index (κ2) is 8.58. The Labute approximate surface area is 155 Å². The predicted molar refractivity (Wildman–Crippen MR) is 103 cm³/mol. The third kappa shape index (κ3) is 4.76. The van der Waals surface area contributed by atoms with Gasteiger partial charge in [-0.05, 0) is 64.3 Å². The van der Waals surface area contributed by atoms with Crippen molar-refractivity contribution in [2.45, 2.75) is 6.92 Å². The summed E-state index contributed by atoms with van der Waals surface area (Å²) in [6, 6.07) is 9.24. The van der Waals surface area contributed by atoms with Crippen LogP contribution in [0.1, 0.15) is 11.1 Å². The van der Waals surface area contributed by atoms with Crippen LogP contribution in [0, 0.1) is 6.92 Å². The summed E-state index contributed by atoms with van der Waals surface area (Å²) in [5, 5.41) is 2.82. The molecule has 0 radical (unpaired) electrons. The number of hydrogen-bond acceptors (Lipinski definition) is 4. The third-order valence-corrected chi connectivity index (χ3v) is 4.08. The molecule has 0 unspecified atom stereocenters. The number of carbonyl (C=O) groups is 1. The molecule has 0 aromatic heterocycles. The van der Waals surface area contributed by atoms with Crippen molar-refractivity contribution in [2.75, 3.05) is 26.6 Å². The van der Waals surface area contributed by atoms with Crippen LogP contribution >= 0.6 is 15.9 Å². The van der Waals surface area contributed by atoms with Gasteiger partial charge in [-0.1, -0.05) is 6.07 Å². The van der Waals surface area contributed by atoms with Crippen molar-refractivity contribution in [3.05, 3.63) is 52.0 Å². The van der Waals surface area contributed by atoms with Crippen LogP contribution in [0.3, 0.4) is 0 Å². The Morgan fingerprint density at radius 3 is 2.40 bits per heavy atom. The second-order valence-electron chi connectivity index (χ2n) is 5.26. The fourth-order valence-electron chi connectivity index (χ4n) is 2.30. The Kier molecular flexibility index (Phi) is 6.47. The number of carbonyl (C=O) groups excluding carboxylic acids is 1. The predicted octanol–water partition coefficient (Wildman–Crippen LogP) is 4.44. The van der Waals surface area contributed by atoms with Gasteiger partial charge in [0.1, 0.15) is 5.75 Å². The first-order chi connectivity index (χ1) is 12.0. The van der Waals surface area contributed by atoms with Gasteiger partial charge in [0.25, 0.3) is 0 Å². The van der Waals surface area contributed by atoms with Crippen molar-refractivity contribution in [1.82, 2.24) is 0 Å². The van der Waals surface area contributed by atoms with E-state index in [1.807, 2.05) is 31.2 Å².